The molecule has 0 bridgehead atoms. The molecule has 0 aliphatic heterocycles. The second kappa shape index (κ2) is 8.28. The van der Waals surface area contributed by atoms with Crippen LogP contribution < -0.4 is 14.8 Å². The molecule has 0 radical (unpaired) electrons. The normalized spacial score (nSPS) is 10.9. The van der Waals surface area contributed by atoms with Gasteiger partial charge < -0.3 is 23.8 Å². The van der Waals surface area contributed by atoms with Gasteiger partial charge in [-0.1, -0.05) is 18.2 Å². The van der Waals surface area contributed by atoms with Crippen molar-refractivity contribution >= 4 is 16.8 Å². The zero-order valence-electron chi connectivity index (χ0n) is 17.0. The van der Waals surface area contributed by atoms with Crippen molar-refractivity contribution in [1.29, 1.82) is 0 Å². The number of ether oxygens (including phenoxy) is 2. The first-order valence-corrected chi connectivity index (χ1v) is 9.45. The van der Waals surface area contributed by atoms with Gasteiger partial charge in [0, 0.05) is 36.1 Å². The van der Waals surface area contributed by atoms with Crippen LogP contribution in [0.15, 0.2) is 53.1 Å². The van der Waals surface area contributed by atoms with Crippen molar-refractivity contribution in [2.24, 2.45) is 0 Å². The van der Waals surface area contributed by atoms with Crippen molar-refractivity contribution in [2.75, 3.05) is 14.2 Å². The molecule has 2 aromatic heterocycles. The zero-order chi connectivity index (χ0) is 21.1. The van der Waals surface area contributed by atoms with E-state index in [0.29, 0.717) is 29.8 Å². The highest BCUT2D eigenvalue weighted by atomic mass is 16.5. The van der Waals surface area contributed by atoms with Crippen molar-refractivity contribution in [1.82, 2.24) is 20.1 Å². The van der Waals surface area contributed by atoms with E-state index in [4.69, 9.17) is 13.9 Å². The van der Waals surface area contributed by atoms with E-state index in [1.165, 1.54) is 0 Å². The summed E-state index contributed by atoms with van der Waals surface area (Å²) in [5.74, 6) is 2.19. The summed E-state index contributed by atoms with van der Waals surface area (Å²) in [5, 5.41) is 11.9. The molecule has 0 saturated carbocycles. The average molecular weight is 406 g/mol. The SMILES string of the molecule is COc1ccc(OC)c(CNC(=O)Cn2cc(-c3nnc(C)o3)c3ccccc32)c1. The quantitative estimate of drug-likeness (QED) is 0.506. The first-order chi connectivity index (χ1) is 14.6. The van der Waals surface area contributed by atoms with Crippen LogP contribution >= 0.6 is 0 Å². The lowest BCUT2D eigenvalue weighted by atomic mass is 10.2. The van der Waals surface area contributed by atoms with Crippen LogP contribution in [0, 0.1) is 6.92 Å². The molecule has 2 aromatic carbocycles. The molecule has 154 valence electrons. The third kappa shape index (κ3) is 3.84. The molecule has 0 saturated heterocycles. The summed E-state index contributed by atoms with van der Waals surface area (Å²) in [5.41, 5.74) is 2.55. The van der Waals surface area contributed by atoms with Crippen LogP contribution in [0.5, 0.6) is 11.5 Å². The summed E-state index contributed by atoms with van der Waals surface area (Å²) in [6.45, 7) is 2.23. The van der Waals surface area contributed by atoms with Gasteiger partial charge in [0.05, 0.1) is 19.8 Å². The Bertz CT molecular complexity index is 1200. The van der Waals surface area contributed by atoms with Gasteiger partial charge in [-0.25, -0.2) is 0 Å². The van der Waals surface area contributed by atoms with Crippen LogP contribution in [-0.4, -0.2) is 34.9 Å². The van der Waals surface area contributed by atoms with Crippen molar-refractivity contribution in [3.05, 3.63) is 60.1 Å². The molecule has 1 amide bonds. The van der Waals surface area contributed by atoms with E-state index in [1.54, 1.807) is 21.1 Å². The maximum absolute atomic E-state index is 12.7. The van der Waals surface area contributed by atoms with E-state index < -0.39 is 0 Å². The number of aromatic nitrogens is 3. The third-order valence-electron chi connectivity index (χ3n) is 4.82. The van der Waals surface area contributed by atoms with Gasteiger partial charge in [0.1, 0.15) is 18.0 Å². The number of aryl methyl sites for hydroxylation is 1. The Labute approximate surface area is 173 Å². The Hall–Kier alpha value is -3.81. The van der Waals surface area contributed by atoms with Gasteiger partial charge in [-0.05, 0) is 24.3 Å². The van der Waals surface area contributed by atoms with Gasteiger partial charge in [-0.2, -0.15) is 0 Å². The van der Waals surface area contributed by atoms with Gasteiger partial charge in [-0.3, -0.25) is 4.79 Å². The molecule has 0 fully saturated rings. The number of carbonyl (C=O) groups is 1. The number of rotatable bonds is 7. The van der Waals surface area contributed by atoms with E-state index in [-0.39, 0.29) is 12.5 Å². The molecular weight excluding hydrogens is 384 g/mol. The molecule has 0 unspecified atom stereocenters. The molecule has 8 heteroatoms. The van der Waals surface area contributed by atoms with Crippen molar-refractivity contribution < 1.29 is 18.7 Å². The van der Waals surface area contributed by atoms with Crippen molar-refractivity contribution in [3.8, 4) is 23.0 Å². The summed E-state index contributed by atoms with van der Waals surface area (Å²) in [6, 6.07) is 13.3. The number of hydrogen-bond acceptors (Lipinski definition) is 6. The van der Waals surface area contributed by atoms with Crippen molar-refractivity contribution in [2.45, 2.75) is 20.0 Å². The first kappa shape index (κ1) is 19.5. The number of nitrogens with one attached hydrogen (secondary N) is 1. The minimum Gasteiger partial charge on any atom is -0.497 e. The summed E-state index contributed by atoms with van der Waals surface area (Å²) in [4.78, 5) is 12.7. The number of fused-ring (bicyclic) bond motifs is 1. The highest BCUT2D eigenvalue weighted by Gasteiger charge is 2.16. The Morgan fingerprint density at radius 2 is 1.97 bits per heavy atom. The lowest BCUT2D eigenvalue weighted by Crippen LogP contribution is -2.27. The van der Waals surface area contributed by atoms with Crippen LogP contribution in [0.25, 0.3) is 22.4 Å². The van der Waals surface area contributed by atoms with E-state index in [1.807, 2.05) is 53.2 Å². The lowest BCUT2D eigenvalue weighted by molar-refractivity contribution is -0.121. The third-order valence-corrected chi connectivity index (χ3v) is 4.82. The number of para-hydroxylation sites is 1. The molecular formula is C22H22N4O4. The molecule has 0 aliphatic carbocycles. The zero-order valence-corrected chi connectivity index (χ0v) is 17.0. The topological polar surface area (TPSA) is 91.4 Å². The van der Waals surface area contributed by atoms with Gasteiger partial charge in [0.25, 0.3) is 0 Å². The highest BCUT2D eigenvalue weighted by Crippen LogP contribution is 2.30. The average Bonchev–Trinajstić information content (AvgIpc) is 3.35. The predicted octanol–water partition coefficient (Wildman–Crippen LogP) is 3.33. The summed E-state index contributed by atoms with van der Waals surface area (Å²) >= 11 is 0. The smallest absolute Gasteiger partial charge is 0.249 e. The Balaban J connectivity index is 1.54. The van der Waals surface area contributed by atoms with E-state index >= 15 is 0 Å². The first-order valence-electron chi connectivity index (χ1n) is 9.45. The van der Waals surface area contributed by atoms with Gasteiger partial charge in [0.15, 0.2) is 0 Å². The van der Waals surface area contributed by atoms with Gasteiger partial charge >= 0.3 is 0 Å². The number of hydrogen-bond donors (Lipinski definition) is 1. The fourth-order valence-corrected chi connectivity index (χ4v) is 3.38. The largest absolute Gasteiger partial charge is 0.497 e. The Morgan fingerprint density at radius 1 is 1.13 bits per heavy atom. The van der Waals surface area contributed by atoms with Crippen molar-refractivity contribution in [3.63, 3.8) is 0 Å². The van der Waals surface area contributed by atoms with Gasteiger partial charge in [0.2, 0.25) is 17.7 Å². The maximum Gasteiger partial charge on any atom is 0.249 e. The maximum atomic E-state index is 12.7. The fourth-order valence-electron chi connectivity index (χ4n) is 3.38. The standard InChI is InChI=1S/C22H22N4O4/c1-14-24-25-22(30-14)18-12-26(19-7-5-4-6-17(18)19)13-21(27)23-11-15-10-16(28-2)8-9-20(15)29-3/h4-10,12H,11,13H2,1-3H3,(H,23,27). The van der Waals surface area contributed by atoms with Crippen LogP contribution in [-0.2, 0) is 17.9 Å². The molecule has 4 rings (SSSR count). The number of carbonyl (C=O) groups excluding carboxylic acids is 1. The molecule has 0 spiro atoms. The number of amides is 1. The van der Waals surface area contributed by atoms with Crippen LogP contribution in [0.4, 0.5) is 0 Å². The molecule has 4 aromatic rings. The minimum absolute atomic E-state index is 0.131. The summed E-state index contributed by atoms with van der Waals surface area (Å²) in [7, 11) is 3.20. The molecule has 0 aliphatic rings. The Morgan fingerprint density at radius 3 is 2.70 bits per heavy atom. The molecule has 8 nitrogen and oxygen atoms in total. The number of methoxy groups -OCH3 is 2. The number of benzene rings is 2. The van der Waals surface area contributed by atoms with Crippen LogP contribution in [0.1, 0.15) is 11.5 Å². The van der Waals surface area contributed by atoms with E-state index in [9.17, 15) is 4.79 Å². The fraction of sp³-hybridized carbons (Fsp3) is 0.227. The van der Waals surface area contributed by atoms with E-state index in [0.717, 1.165) is 22.0 Å². The summed E-state index contributed by atoms with van der Waals surface area (Å²) < 4.78 is 18.1. The lowest BCUT2D eigenvalue weighted by Gasteiger charge is -2.12. The predicted molar refractivity (Wildman–Crippen MR) is 111 cm³/mol. The molecule has 1 N–H and O–H groups in total. The monoisotopic (exact) mass is 406 g/mol. The summed E-state index contributed by atoms with van der Waals surface area (Å²) in [6.07, 6.45) is 1.86. The number of nitrogens with zero attached hydrogens (tertiary/aromatic N) is 3. The van der Waals surface area contributed by atoms with E-state index in [2.05, 4.69) is 15.5 Å². The molecule has 30 heavy (non-hydrogen) atoms. The second-order valence-electron chi connectivity index (χ2n) is 6.77. The minimum atomic E-state index is -0.131. The van der Waals surface area contributed by atoms with Crippen LogP contribution in [0.3, 0.4) is 0 Å². The van der Waals surface area contributed by atoms with Crippen LogP contribution in [0.2, 0.25) is 0 Å². The Kier molecular flexibility index (Phi) is 5.38. The molecule has 2 heterocycles. The highest BCUT2D eigenvalue weighted by molar-refractivity contribution is 5.94. The second-order valence-corrected chi connectivity index (χ2v) is 6.77. The molecule has 0 atom stereocenters. The van der Waals surface area contributed by atoms with Gasteiger partial charge in [-0.15, -0.1) is 10.2 Å².